The van der Waals surface area contributed by atoms with E-state index in [1.165, 1.54) is 0 Å². The van der Waals surface area contributed by atoms with Crippen LogP contribution in [0.4, 0.5) is 0 Å². The van der Waals surface area contributed by atoms with E-state index in [0.29, 0.717) is 5.88 Å². The minimum Gasteiger partial charge on any atom is -0.481 e. The highest BCUT2D eigenvalue weighted by Gasteiger charge is 2.03. The Kier molecular flexibility index (Phi) is 3.01. The summed E-state index contributed by atoms with van der Waals surface area (Å²) in [5.41, 5.74) is 2.46. The third kappa shape index (κ3) is 2.28. The molecule has 0 radical (unpaired) electrons. The van der Waals surface area contributed by atoms with Crippen LogP contribution in [0.3, 0.4) is 0 Å². The number of methoxy groups -OCH3 is 1. The molecule has 0 spiro atoms. The zero-order valence-electron chi connectivity index (χ0n) is 8.94. The maximum absolute atomic E-state index is 5.79. The number of aryl methyl sites for hydroxylation is 1. The van der Waals surface area contributed by atoms with E-state index in [2.05, 4.69) is 15.0 Å². The van der Waals surface area contributed by atoms with E-state index in [1.807, 2.05) is 19.1 Å². The Bertz CT molecular complexity index is 479. The molecule has 0 fully saturated rings. The first-order chi connectivity index (χ1) is 7.69. The Morgan fingerprint density at radius 3 is 2.62 bits per heavy atom. The molecule has 0 amide bonds. The van der Waals surface area contributed by atoms with E-state index in [-0.39, 0.29) is 5.28 Å². The molecular weight excluding hydrogens is 226 g/mol. The maximum atomic E-state index is 5.79. The van der Waals surface area contributed by atoms with Crippen molar-refractivity contribution in [1.29, 1.82) is 0 Å². The number of halogens is 1. The fraction of sp³-hybridized carbons (Fsp3) is 0.182. The van der Waals surface area contributed by atoms with Gasteiger partial charge in [0.25, 0.3) is 0 Å². The lowest BCUT2D eigenvalue weighted by atomic mass is 10.2. The van der Waals surface area contributed by atoms with E-state index >= 15 is 0 Å². The molecule has 2 rings (SSSR count). The highest BCUT2D eigenvalue weighted by atomic mass is 35.5. The lowest BCUT2D eigenvalue weighted by Gasteiger charge is -2.03. The Balaban J connectivity index is 2.42. The van der Waals surface area contributed by atoms with Crippen LogP contribution in [0.5, 0.6) is 5.88 Å². The molecule has 2 aromatic heterocycles. The van der Waals surface area contributed by atoms with Gasteiger partial charge in [-0.3, -0.25) is 0 Å². The monoisotopic (exact) mass is 235 g/mol. The fourth-order valence-corrected chi connectivity index (χ4v) is 1.56. The van der Waals surface area contributed by atoms with Crippen LogP contribution in [0.25, 0.3) is 11.3 Å². The lowest BCUT2D eigenvalue weighted by molar-refractivity contribution is 0.398. The maximum Gasteiger partial charge on any atom is 0.223 e. The van der Waals surface area contributed by atoms with E-state index in [0.717, 1.165) is 17.0 Å². The van der Waals surface area contributed by atoms with Crippen LogP contribution in [0.1, 0.15) is 5.69 Å². The Labute approximate surface area is 98.3 Å². The molecule has 5 heteroatoms. The predicted octanol–water partition coefficient (Wildman–Crippen LogP) is 2.51. The first-order valence-corrected chi connectivity index (χ1v) is 5.08. The molecule has 2 aromatic rings. The second-order valence-electron chi connectivity index (χ2n) is 3.25. The van der Waals surface area contributed by atoms with Gasteiger partial charge in [-0.1, -0.05) is 0 Å². The summed E-state index contributed by atoms with van der Waals surface area (Å²) in [6.07, 6.45) is 1.69. The van der Waals surface area contributed by atoms with Crippen molar-refractivity contribution in [2.75, 3.05) is 7.11 Å². The van der Waals surface area contributed by atoms with Gasteiger partial charge >= 0.3 is 0 Å². The van der Waals surface area contributed by atoms with Crippen LogP contribution in [0.15, 0.2) is 24.4 Å². The van der Waals surface area contributed by atoms with Gasteiger partial charge in [0, 0.05) is 23.5 Å². The average Bonchev–Trinajstić information content (AvgIpc) is 2.28. The van der Waals surface area contributed by atoms with Gasteiger partial charge in [-0.15, -0.1) is 0 Å². The van der Waals surface area contributed by atoms with Gasteiger partial charge in [0.15, 0.2) is 0 Å². The largest absolute Gasteiger partial charge is 0.481 e. The highest BCUT2D eigenvalue weighted by Crippen LogP contribution is 2.20. The zero-order valence-corrected chi connectivity index (χ0v) is 9.69. The van der Waals surface area contributed by atoms with E-state index in [1.54, 1.807) is 19.4 Å². The fourth-order valence-electron chi connectivity index (χ4n) is 1.33. The van der Waals surface area contributed by atoms with Gasteiger partial charge in [0.05, 0.1) is 12.8 Å². The molecule has 2 heterocycles. The van der Waals surface area contributed by atoms with Crippen molar-refractivity contribution >= 4 is 11.6 Å². The molecule has 4 nitrogen and oxygen atoms in total. The quantitative estimate of drug-likeness (QED) is 0.751. The number of ether oxygens (including phenoxy) is 1. The van der Waals surface area contributed by atoms with Gasteiger partial charge in [0.1, 0.15) is 0 Å². The lowest BCUT2D eigenvalue weighted by Crippen LogP contribution is -1.92. The third-order valence-electron chi connectivity index (χ3n) is 2.07. The molecule has 0 aliphatic heterocycles. The number of pyridine rings is 1. The Morgan fingerprint density at radius 1 is 1.25 bits per heavy atom. The average molecular weight is 236 g/mol. The molecule has 0 saturated heterocycles. The smallest absolute Gasteiger partial charge is 0.223 e. The van der Waals surface area contributed by atoms with Crippen molar-refractivity contribution in [3.8, 4) is 17.1 Å². The van der Waals surface area contributed by atoms with Crippen LogP contribution >= 0.6 is 11.6 Å². The number of aromatic nitrogens is 3. The molecule has 0 aliphatic carbocycles. The Hall–Kier alpha value is -1.68. The number of hydrogen-bond donors (Lipinski definition) is 0. The summed E-state index contributed by atoms with van der Waals surface area (Å²) in [6, 6.07) is 5.51. The molecule has 0 saturated carbocycles. The van der Waals surface area contributed by atoms with Crippen LogP contribution in [0, 0.1) is 6.92 Å². The highest BCUT2D eigenvalue weighted by molar-refractivity contribution is 6.28. The summed E-state index contributed by atoms with van der Waals surface area (Å²) >= 11 is 5.79. The topological polar surface area (TPSA) is 47.9 Å². The van der Waals surface area contributed by atoms with Crippen LogP contribution < -0.4 is 4.74 Å². The van der Waals surface area contributed by atoms with Crippen molar-refractivity contribution in [3.05, 3.63) is 35.4 Å². The molecule has 16 heavy (non-hydrogen) atoms. The van der Waals surface area contributed by atoms with Crippen molar-refractivity contribution in [2.45, 2.75) is 6.92 Å². The standard InChI is InChI=1S/C11H10ClN3O/c1-7-5-9(15-11(12)14-7)8-3-4-10(16-2)13-6-8/h3-6H,1-2H3. The normalized spacial score (nSPS) is 10.2. The van der Waals surface area contributed by atoms with Gasteiger partial charge in [0.2, 0.25) is 11.2 Å². The van der Waals surface area contributed by atoms with Gasteiger partial charge < -0.3 is 4.74 Å². The van der Waals surface area contributed by atoms with E-state index < -0.39 is 0 Å². The van der Waals surface area contributed by atoms with Crippen molar-refractivity contribution in [2.24, 2.45) is 0 Å². The minimum atomic E-state index is 0.241. The van der Waals surface area contributed by atoms with Crippen molar-refractivity contribution < 1.29 is 4.74 Å². The van der Waals surface area contributed by atoms with E-state index in [4.69, 9.17) is 16.3 Å². The molecule has 0 aliphatic rings. The first kappa shape index (κ1) is 10.8. The minimum absolute atomic E-state index is 0.241. The number of rotatable bonds is 2. The summed E-state index contributed by atoms with van der Waals surface area (Å²) in [5, 5.41) is 0.241. The summed E-state index contributed by atoms with van der Waals surface area (Å²) in [4.78, 5) is 12.2. The summed E-state index contributed by atoms with van der Waals surface area (Å²) in [6.45, 7) is 1.87. The summed E-state index contributed by atoms with van der Waals surface area (Å²) < 4.78 is 4.98. The molecule has 0 N–H and O–H groups in total. The number of nitrogens with zero attached hydrogens (tertiary/aromatic N) is 3. The third-order valence-corrected chi connectivity index (χ3v) is 2.24. The van der Waals surface area contributed by atoms with Crippen LogP contribution in [-0.4, -0.2) is 22.1 Å². The molecule has 82 valence electrons. The molecule has 0 atom stereocenters. The summed E-state index contributed by atoms with van der Waals surface area (Å²) in [5.74, 6) is 0.570. The summed E-state index contributed by atoms with van der Waals surface area (Å²) in [7, 11) is 1.58. The molecule has 0 bridgehead atoms. The first-order valence-electron chi connectivity index (χ1n) is 4.70. The van der Waals surface area contributed by atoms with Crippen LogP contribution in [0.2, 0.25) is 5.28 Å². The van der Waals surface area contributed by atoms with E-state index in [9.17, 15) is 0 Å². The van der Waals surface area contributed by atoms with Gasteiger partial charge in [-0.25, -0.2) is 15.0 Å². The SMILES string of the molecule is COc1ccc(-c2cc(C)nc(Cl)n2)cn1. The second kappa shape index (κ2) is 4.45. The van der Waals surface area contributed by atoms with Gasteiger partial charge in [-0.05, 0) is 30.7 Å². The predicted molar refractivity (Wildman–Crippen MR) is 61.6 cm³/mol. The second-order valence-corrected chi connectivity index (χ2v) is 3.59. The van der Waals surface area contributed by atoms with Crippen molar-refractivity contribution in [3.63, 3.8) is 0 Å². The molecule has 0 aromatic carbocycles. The molecular formula is C11H10ClN3O. The Morgan fingerprint density at radius 2 is 2.06 bits per heavy atom. The van der Waals surface area contributed by atoms with Gasteiger partial charge in [-0.2, -0.15) is 0 Å². The zero-order chi connectivity index (χ0) is 11.5. The van der Waals surface area contributed by atoms with Crippen molar-refractivity contribution in [1.82, 2.24) is 15.0 Å². The van der Waals surface area contributed by atoms with Crippen LogP contribution in [-0.2, 0) is 0 Å². The number of hydrogen-bond acceptors (Lipinski definition) is 4. The molecule has 0 unspecified atom stereocenters.